The van der Waals surface area contributed by atoms with Gasteiger partial charge in [0, 0.05) is 37.0 Å². The van der Waals surface area contributed by atoms with Crippen molar-refractivity contribution in [3.05, 3.63) is 66.1 Å². The highest BCUT2D eigenvalue weighted by atomic mass is 16.5. The van der Waals surface area contributed by atoms with E-state index in [1.54, 1.807) is 10.8 Å². The molecule has 0 spiro atoms. The summed E-state index contributed by atoms with van der Waals surface area (Å²) in [5.74, 6) is 1.24. The van der Waals surface area contributed by atoms with Crippen molar-refractivity contribution < 1.29 is 19.4 Å². The van der Waals surface area contributed by atoms with Gasteiger partial charge in [0.1, 0.15) is 11.3 Å². The fourth-order valence-corrected chi connectivity index (χ4v) is 3.93. The molecule has 1 fully saturated rings. The summed E-state index contributed by atoms with van der Waals surface area (Å²) >= 11 is 0. The highest BCUT2D eigenvalue weighted by molar-refractivity contribution is 5.89. The Balaban J connectivity index is 1.57. The average Bonchev–Trinajstić information content (AvgIpc) is 3.50. The van der Waals surface area contributed by atoms with Crippen LogP contribution >= 0.6 is 0 Å². The number of nitrogens with zero attached hydrogens (tertiary/aromatic N) is 4. The van der Waals surface area contributed by atoms with Crippen molar-refractivity contribution >= 4 is 22.9 Å². The van der Waals surface area contributed by atoms with Crippen LogP contribution in [0.4, 0.5) is 5.69 Å². The number of furan rings is 1. The van der Waals surface area contributed by atoms with Gasteiger partial charge in [0.05, 0.1) is 37.3 Å². The van der Waals surface area contributed by atoms with Crippen LogP contribution in [-0.2, 0) is 4.74 Å². The van der Waals surface area contributed by atoms with E-state index < -0.39 is 6.10 Å². The smallest absolute Gasteiger partial charge is 0.176 e. The fraction of sp³-hybridized carbons (Fsp3) is 0.280. The first-order valence-electron chi connectivity index (χ1n) is 11.0. The number of rotatable bonds is 6. The SMILES string of the molecule is Cc1cccc(-c2ccn(-c3cc(N4CCOCC4)c4oc(/C=C/C(O)CO)cc4n3)n2)c1. The van der Waals surface area contributed by atoms with Gasteiger partial charge < -0.3 is 24.3 Å². The topological polar surface area (TPSA) is 96.8 Å². The van der Waals surface area contributed by atoms with Crippen LogP contribution in [0, 0.1) is 6.92 Å². The second kappa shape index (κ2) is 9.19. The minimum atomic E-state index is -0.940. The van der Waals surface area contributed by atoms with Gasteiger partial charge in [0.2, 0.25) is 0 Å². The normalized spacial score (nSPS) is 15.5. The number of benzene rings is 1. The molecule has 0 radical (unpaired) electrons. The van der Waals surface area contributed by atoms with Gasteiger partial charge in [-0.2, -0.15) is 5.10 Å². The lowest BCUT2D eigenvalue weighted by atomic mass is 10.1. The summed E-state index contributed by atoms with van der Waals surface area (Å²) in [6.45, 7) is 4.52. The van der Waals surface area contributed by atoms with E-state index in [1.165, 1.54) is 11.6 Å². The van der Waals surface area contributed by atoms with Crippen LogP contribution in [0.1, 0.15) is 11.3 Å². The van der Waals surface area contributed by atoms with E-state index >= 15 is 0 Å². The lowest BCUT2D eigenvalue weighted by Gasteiger charge is -2.28. The maximum atomic E-state index is 9.63. The number of aliphatic hydroxyl groups is 2. The predicted molar refractivity (Wildman–Crippen MR) is 126 cm³/mol. The molecule has 4 heterocycles. The average molecular weight is 447 g/mol. The number of hydrogen-bond acceptors (Lipinski definition) is 7. The minimum absolute atomic E-state index is 0.347. The molecule has 8 heteroatoms. The zero-order valence-electron chi connectivity index (χ0n) is 18.4. The lowest BCUT2D eigenvalue weighted by Crippen LogP contribution is -2.36. The van der Waals surface area contributed by atoms with Crippen LogP contribution in [-0.4, -0.2) is 64.0 Å². The Labute approximate surface area is 191 Å². The number of aromatic nitrogens is 3. The van der Waals surface area contributed by atoms with Crippen molar-refractivity contribution in [2.75, 3.05) is 37.8 Å². The standard InChI is InChI=1S/C25H26N4O4/c1-17-3-2-4-18(13-17)21-7-8-29(27-21)24-15-23(28-9-11-32-12-10-28)25-22(26-24)14-20(33-25)6-5-19(31)16-30/h2-8,13-15,19,30-31H,9-12,16H2,1H3/b6-5+. The molecule has 0 bridgehead atoms. The van der Waals surface area contributed by atoms with Crippen molar-refractivity contribution in [1.29, 1.82) is 0 Å². The minimum Gasteiger partial charge on any atom is -0.453 e. The Bertz CT molecular complexity index is 1290. The molecule has 4 aromatic rings. The molecule has 0 aliphatic carbocycles. The van der Waals surface area contributed by atoms with Crippen LogP contribution < -0.4 is 4.90 Å². The third-order valence-corrected chi connectivity index (χ3v) is 5.62. The summed E-state index contributed by atoms with van der Waals surface area (Å²) in [6.07, 6.45) is 4.11. The Morgan fingerprint density at radius 1 is 1.15 bits per heavy atom. The molecule has 0 saturated carbocycles. The second-order valence-corrected chi connectivity index (χ2v) is 8.09. The molecule has 1 aliphatic heterocycles. The van der Waals surface area contributed by atoms with E-state index in [0.29, 0.717) is 35.9 Å². The first-order valence-corrected chi connectivity index (χ1v) is 11.0. The van der Waals surface area contributed by atoms with Gasteiger partial charge in [0.15, 0.2) is 11.4 Å². The molecule has 0 amide bonds. The number of ether oxygens (including phenoxy) is 1. The summed E-state index contributed by atoms with van der Waals surface area (Å²) in [5, 5.41) is 23.5. The molecule has 1 aromatic carbocycles. The Hall–Kier alpha value is -3.46. The monoisotopic (exact) mass is 446 g/mol. The Morgan fingerprint density at radius 2 is 2.00 bits per heavy atom. The van der Waals surface area contributed by atoms with Crippen molar-refractivity contribution in [1.82, 2.24) is 14.8 Å². The molecule has 2 N–H and O–H groups in total. The highest BCUT2D eigenvalue weighted by Gasteiger charge is 2.20. The van der Waals surface area contributed by atoms with Crippen molar-refractivity contribution in [3.8, 4) is 17.1 Å². The number of anilines is 1. The van der Waals surface area contributed by atoms with Crippen LogP contribution in [0.5, 0.6) is 0 Å². The molecule has 170 valence electrons. The first-order chi connectivity index (χ1) is 16.1. The van der Waals surface area contributed by atoms with Crippen molar-refractivity contribution in [2.45, 2.75) is 13.0 Å². The number of pyridine rings is 1. The van der Waals surface area contributed by atoms with Gasteiger partial charge in [0.25, 0.3) is 0 Å². The Kier molecular flexibility index (Phi) is 5.95. The molecule has 1 unspecified atom stereocenters. The largest absolute Gasteiger partial charge is 0.453 e. The zero-order valence-corrected chi connectivity index (χ0v) is 18.4. The summed E-state index contributed by atoms with van der Waals surface area (Å²) < 4.78 is 13.4. The number of hydrogen-bond donors (Lipinski definition) is 2. The molecule has 5 rings (SSSR count). The van der Waals surface area contributed by atoms with E-state index in [2.05, 4.69) is 24.0 Å². The molecule has 1 saturated heterocycles. The Morgan fingerprint density at radius 3 is 2.79 bits per heavy atom. The second-order valence-electron chi connectivity index (χ2n) is 8.09. The number of fused-ring (bicyclic) bond motifs is 1. The van der Waals surface area contributed by atoms with Crippen molar-refractivity contribution in [3.63, 3.8) is 0 Å². The molecule has 8 nitrogen and oxygen atoms in total. The zero-order chi connectivity index (χ0) is 22.8. The number of morpholine rings is 1. The van der Waals surface area contributed by atoms with Crippen molar-refractivity contribution in [2.24, 2.45) is 0 Å². The van der Waals surface area contributed by atoms with Gasteiger partial charge >= 0.3 is 0 Å². The van der Waals surface area contributed by atoms with E-state index in [0.717, 1.165) is 30.0 Å². The summed E-state index contributed by atoms with van der Waals surface area (Å²) in [5.41, 5.74) is 5.41. The first kappa shape index (κ1) is 21.4. The predicted octanol–water partition coefficient (Wildman–Crippen LogP) is 3.19. The molecule has 3 aromatic heterocycles. The van der Waals surface area contributed by atoms with Crippen LogP contribution in [0.25, 0.3) is 34.3 Å². The third kappa shape index (κ3) is 4.54. The molecule has 1 atom stereocenters. The van der Waals surface area contributed by atoms with Gasteiger partial charge in [-0.05, 0) is 25.1 Å². The maximum Gasteiger partial charge on any atom is 0.176 e. The summed E-state index contributed by atoms with van der Waals surface area (Å²) in [7, 11) is 0. The van der Waals surface area contributed by atoms with E-state index in [4.69, 9.17) is 24.3 Å². The third-order valence-electron chi connectivity index (χ3n) is 5.62. The molecule has 33 heavy (non-hydrogen) atoms. The van der Waals surface area contributed by atoms with E-state index in [1.807, 2.05) is 36.5 Å². The number of aliphatic hydroxyl groups excluding tert-OH is 2. The fourth-order valence-electron chi connectivity index (χ4n) is 3.93. The lowest BCUT2D eigenvalue weighted by molar-refractivity contribution is 0.122. The van der Waals surface area contributed by atoms with E-state index in [9.17, 15) is 5.11 Å². The van der Waals surface area contributed by atoms with E-state index in [-0.39, 0.29) is 6.61 Å². The maximum absolute atomic E-state index is 9.63. The molecular formula is C25H26N4O4. The summed E-state index contributed by atoms with van der Waals surface area (Å²) in [6, 6.07) is 14.0. The van der Waals surface area contributed by atoms with Gasteiger partial charge in [-0.25, -0.2) is 9.67 Å². The van der Waals surface area contributed by atoms with Crippen LogP contribution in [0.15, 0.2) is 59.2 Å². The van der Waals surface area contributed by atoms with Gasteiger partial charge in [-0.3, -0.25) is 0 Å². The quantitative estimate of drug-likeness (QED) is 0.469. The number of aryl methyl sites for hydroxylation is 1. The van der Waals surface area contributed by atoms with Gasteiger partial charge in [-0.1, -0.05) is 29.8 Å². The molecule has 1 aliphatic rings. The molecular weight excluding hydrogens is 420 g/mol. The highest BCUT2D eigenvalue weighted by Crippen LogP contribution is 2.32. The van der Waals surface area contributed by atoms with Gasteiger partial charge in [-0.15, -0.1) is 0 Å². The van der Waals surface area contributed by atoms with Crippen LogP contribution in [0.2, 0.25) is 0 Å². The van der Waals surface area contributed by atoms with Crippen LogP contribution in [0.3, 0.4) is 0 Å². The summed E-state index contributed by atoms with van der Waals surface area (Å²) in [4.78, 5) is 7.02.